The lowest BCUT2D eigenvalue weighted by molar-refractivity contribution is -0.384. The Morgan fingerprint density at radius 3 is 2.42 bits per heavy atom. The molecule has 0 spiro atoms. The highest BCUT2D eigenvalue weighted by Gasteiger charge is 2.20. The van der Waals surface area contributed by atoms with Crippen LogP contribution >= 0.6 is 31.9 Å². The summed E-state index contributed by atoms with van der Waals surface area (Å²) in [6.45, 7) is 6.05. The lowest BCUT2D eigenvalue weighted by Gasteiger charge is -2.21. The largest absolute Gasteiger partial charge is 0.507 e. The molecule has 0 saturated heterocycles. The molecule has 0 radical (unpaired) electrons. The van der Waals surface area contributed by atoms with Gasteiger partial charge in [-0.15, -0.1) is 0 Å². The molecular formula is C17H16Br2N2O3. The maximum Gasteiger partial charge on any atom is 0.270 e. The van der Waals surface area contributed by atoms with Crippen LogP contribution in [0.4, 0.5) is 11.4 Å². The van der Waals surface area contributed by atoms with Crippen molar-refractivity contribution in [2.75, 3.05) is 0 Å². The first-order chi connectivity index (χ1) is 11.1. The van der Waals surface area contributed by atoms with E-state index < -0.39 is 4.92 Å². The average Bonchev–Trinajstić information content (AvgIpc) is 2.47. The Balaban J connectivity index is 2.43. The van der Waals surface area contributed by atoms with E-state index in [1.165, 1.54) is 12.1 Å². The van der Waals surface area contributed by atoms with Gasteiger partial charge in [0.05, 0.1) is 10.6 Å². The van der Waals surface area contributed by atoms with Crippen LogP contribution in [0.15, 0.2) is 44.3 Å². The van der Waals surface area contributed by atoms with Crippen molar-refractivity contribution in [3.8, 4) is 5.75 Å². The summed E-state index contributed by atoms with van der Waals surface area (Å²) < 4.78 is 1.35. The molecule has 0 bridgehead atoms. The first-order valence-electron chi connectivity index (χ1n) is 7.10. The zero-order chi connectivity index (χ0) is 18.1. The highest BCUT2D eigenvalue weighted by atomic mass is 79.9. The molecule has 2 aromatic rings. The maximum atomic E-state index is 10.8. The Hall–Kier alpha value is -1.73. The second kappa shape index (κ2) is 7.03. The summed E-state index contributed by atoms with van der Waals surface area (Å²) >= 11 is 6.73. The molecule has 0 unspecified atom stereocenters. The van der Waals surface area contributed by atoms with Gasteiger partial charge in [0, 0.05) is 38.4 Å². The van der Waals surface area contributed by atoms with Crippen LogP contribution < -0.4 is 0 Å². The highest BCUT2D eigenvalue weighted by Crippen LogP contribution is 2.36. The molecule has 0 heterocycles. The number of halogens is 2. The third-order valence-corrected chi connectivity index (χ3v) is 4.49. The second-order valence-corrected chi connectivity index (χ2v) is 8.06. The topological polar surface area (TPSA) is 75.7 Å². The molecule has 126 valence electrons. The van der Waals surface area contributed by atoms with E-state index in [-0.39, 0.29) is 16.9 Å². The molecule has 0 aliphatic rings. The van der Waals surface area contributed by atoms with Gasteiger partial charge < -0.3 is 5.11 Å². The number of phenolic OH excluding ortho intramolecular Hbond substituents is 1. The van der Waals surface area contributed by atoms with Gasteiger partial charge in [0.2, 0.25) is 0 Å². The van der Waals surface area contributed by atoms with Crippen LogP contribution in [-0.2, 0) is 5.41 Å². The van der Waals surface area contributed by atoms with Crippen LogP contribution in [0.25, 0.3) is 0 Å². The average molecular weight is 456 g/mol. The number of aromatic hydroxyl groups is 1. The molecule has 0 aliphatic heterocycles. The number of nitro benzene ring substituents is 1. The zero-order valence-electron chi connectivity index (χ0n) is 13.4. The van der Waals surface area contributed by atoms with E-state index in [1.807, 2.05) is 26.8 Å². The molecule has 0 aliphatic carbocycles. The van der Waals surface area contributed by atoms with Crippen molar-refractivity contribution in [2.24, 2.45) is 4.99 Å². The van der Waals surface area contributed by atoms with Crippen LogP contribution in [0.1, 0.15) is 31.9 Å². The lowest BCUT2D eigenvalue weighted by Crippen LogP contribution is -2.12. The molecule has 7 heteroatoms. The number of phenols is 1. The van der Waals surface area contributed by atoms with Crippen molar-refractivity contribution in [1.29, 1.82) is 0 Å². The van der Waals surface area contributed by atoms with Gasteiger partial charge >= 0.3 is 0 Å². The van der Waals surface area contributed by atoms with Crippen LogP contribution in [0.5, 0.6) is 5.75 Å². The van der Waals surface area contributed by atoms with Crippen molar-refractivity contribution >= 4 is 49.4 Å². The molecular weight excluding hydrogens is 440 g/mol. The molecule has 24 heavy (non-hydrogen) atoms. The number of benzene rings is 2. The molecule has 0 aromatic heterocycles. The summed E-state index contributed by atoms with van der Waals surface area (Å²) in [5.74, 6) is 0.174. The molecule has 0 saturated carbocycles. The summed E-state index contributed by atoms with van der Waals surface area (Å²) in [5.41, 5.74) is 1.68. The van der Waals surface area contributed by atoms with Crippen molar-refractivity contribution < 1.29 is 10.0 Å². The number of nitrogens with zero attached hydrogens (tertiary/aromatic N) is 2. The maximum absolute atomic E-state index is 10.8. The minimum absolute atomic E-state index is 0.0128. The van der Waals surface area contributed by atoms with Crippen LogP contribution in [0.2, 0.25) is 0 Å². The Kier molecular flexibility index (Phi) is 5.45. The summed E-state index contributed by atoms with van der Waals surface area (Å²) in [4.78, 5) is 14.6. The zero-order valence-corrected chi connectivity index (χ0v) is 16.6. The first-order valence-corrected chi connectivity index (χ1v) is 8.69. The normalized spacial score (nSPS) is 11.9. The summed E-state index contributed by atoms with van der Waals surface area (Å²) in [5, 5.41) is 21.3. The first kappa shape index (κ1) is 18.6. The van der Waals surface area contributed by atoms with Crippen molar-refractivity contribution in [1.82, 2.24) is 0 Å². The molecule has 2 rings (SSSR count). The summed E-state index contributed by atoms with van der Waals surface area (Å²) in [7, 11) is 0. The van der Waals surface area contributed by atoms with E-state index in [4.69, 9.17) is 0 Å². The van der Waals surface area contributed by atoms with Crippen LogP contribution in [0, 0.1) is 10.1 Å². The van der Waals surface area contributed by atoms with E-state index in [1.54, 1.807) is 18.3 Å². The van der Waals surface area contributed by atoms with Crippen LogP contribution in [-0.4, -0.2) is 16.2 Å². The van der Waals surface area contributed by atoms with Gasteiger partial charge in [0.15, 0.2) is 0 Å². The van der Waals surface area contributed by atoms with Gasteiger partial charge in [-0.2, -0.15) is 0 Å². The third kappa shape index (κ3) is 4.21. The van der Waals surface area contributed by atoms with Gasteiger partial charge in [0.1, 0.15) is 5.75 Å². The van der Waals surface area contributed by atoms with Gasteiger partial charge in [-0.25, -0.2) is 0 Å². The molecule has 2 aromatic carbocycles. The van der Waals surface area contributed by atoms with Crippen molar-refractivity contribution in [3.05, 3.63) is 60.5 Å². The standard InChI is InChI=1S/C17H16Br2N2O3/c1-17(2,3)13-7-11(18)6-10(16(13)22)9-20-15-5-4-12(21(23)24)8-14(15)19/h4-9,22H,1-3H3. The SMILES string of the molecule is CC(C)(C)c1cc(Br)cc(C=Nc2ccc([N+](=O)[O-])cc2Br)c1O. The Morgan fingerprint density at radius 2 is 1.88 bits per heavy atom. The quantitative estimate of drug-likeness (QED) is 0.357. The van der Waals surface area contributed by atoms with Crippen molar-refractivity contribution in [2.45, 2.75) is 26.2 Å². The Bertz CT molecular complexity index is 827. The fraction of sp³-hybridized carbons (Fsp3) is 0.235. The molecule has 0 fully saturated rings. The van der Waals surface area contributed by atoms with E-state index in [0.29, 0.717) is 15.7 Å². The van der Waals surface area contributed by atoms with Crippen molar-refractivity contribution in [3.63, 3.8) is 0 Å². The van der Waals surface area contributed by atoms with E-state index >= 15 is 0 Å². The van der Waals surface area contributed by atoms with Gasteiger partial charge in [-0.1, -0.05) is 36.7 Å². The molecule has 0 amide bonds. The minimum atomic E-state index is -0.464. The smallest absolute Gasteiger partial charge is 0.270 e. The number of nitro groups is 1. The number of hydrogen-bond donors (Lipinski definition) is 1. The fourth-order valence-corrected chi connectivity index (χ4v) is 3.09. The predicted octanol–water partition coefficient (Wildman–Crippen LogP) is 5.87. The highest BCUT2D eigenvalue weighted by molar-refractivity contribution is 9.10. The van der Waals surface area contributed by atoms with E-state index in [2.05, 4.69) is 36.9 Å². The minimum Gasteiger partial charge on any atom is -0.507 e. The monoisotopic (exact) mass is 454 g/mol. The van der Waals surface area contributed by atoms with Gasteiger partial charge in [-0.05, 0) is 39.5 Å². The molecule has 0 atom stereocenters. The Labute approximate surface area is 156 Å². The number of rotatable bonds is 3. The molecule has 1 N–H and O–H groups in total. The lowest BCUT2D eigenvalue weighted by atomic mass is 9.85. The molecule has 5 nitrogen and oxygen atoms in total. The second-order valence-electron chi connectivity index (χ2n) is 6.29. The van der Waals surface area contributed by atoms with Crippen LogP contribution in [0.3, 0.4) is 0 Å². The van der Waals surface area contributed by atoms with E-state index in [9.17, 15) is 15.2 Å². The van der Waals surface area contributed by atoms with Gasteiger partial charge in [0.25, 0.3) is 5.69 Å². The third-order valence-electron chi connectivity index (χ3n) is 3.40. The summed E-state index contributed by atoms with van der Waals surface area (Å²) in [6, 6.07) is 7.99. The predicted molar refractivity (Wildman–Crippen MR) is 103 cm³/mol. The summed E-state index contributed by atoms with van der Waals surface area (Å²) in [6.07, 6.45) is 1.54. The fourth-order valence-electron chi connectivity index (χ4n) is 2.14. The Morgan fingerprint density at radius 1 is 1.21 bits per heavy atom. The van der Waals surface area contributed by atoms with E-state index in [0.717, 1.165) is 10.0 Å². The number of aliphatic imine (C=N–C) groups is 1. The van der Waals surface area contributed by atoms with Gasteiger partial charge in [-0.3, -0.25) is 15.1 Å². The number of hydrogen-bond acceptors (Lipinski definition) is 4. The number of non-ortho nitro benzene ring substituents is 1.